The first-order valence-electron chi connectivity index (χ1n) is 9.91. The van der Waals surface area contributed by atoms with Crippen LogP contribution in [0.2, 0.25) is 0 Å². The minimum absolute atomic E-state index is 0.384. The Morgan fingerprint density at radius 1 is 0.765 bits per heavy atom. The number of aromatic nitrogens is 1. The number of carboxylic acid groups (broad SMARTS) is 4. The summed E-state index contributed by atoms with van der Waals surface area (Å²) in [5, 5.41) is 31.2. The average Bonchev–Trinajstić information content (AvgIpc) is 2.78. The molecule has 0 aliphatic carbocycles. The summed E-state index contributed by atoms with van der Waals surface area (Å²) in [7, 11) is 4.22. The number of hydrogen-bond donors (Lipinski definition) is 4. The van der Waals surface area contributed by atoms with E-state index in [0.717, 1.165) is 18.7 Å². The van der Waals surface area contributed by atoms with E-state index in [0.29, 0.717) is 30.2 Å². The number of rotatable bonds is 9. The molecule has 34 heavy (non-hydrogen) atoms. The molecule has 1 heterocycles. The zero-order valence-electron chi connectivity index (χ0n) is 18.8. The molecule has 0 aliphatic rings. The van der Waals surface area contributed by atoms with Crippen molar-refractivity contribution in [2.75, 3.05) is 20.6 Å². The Hall–Kier alpha value is -4.31. The van der Waals surface area contributed by atoms with Gasteiger partial charge >= 0.3 is 23.9 Å². The Bertz CT molecular complexity index is 852. The predicted octanol–water partition coefficient (Wildman–Crippen LogP) is 2.59. The Morgan fingerprint density at radius 3 is 1.56 bits per heavy atom. The zero-order chi connectivity index (χ0) is 25.9. The number of carboxylic acids is 4. The van der Waals surface area contributed by atoms with Gasteiger partial charge in [-0.2, -0.15) is 0 Å². The van der Waals surface area contributed by atoms with E-state index in [4.69, 9.17) is 20.4 Å². The third kappa shape index (κ3) is 16.4. The molecule has 0 saturated carbocycles. The molecule has 2 aromatic rings. The smallest absolute Gasteiger partial charge is 0.328 e. The van der Waals surface area contributed by atoms with E-state index in [9.17, 15) is 19.2 Å². The number of aliphatic carboxylic acids is 4. The molecule has 10 heteroatoms. The second-order valence-corrected chi connectivity index (χ2v) is 6.83. The highest BCUT2D eigenvalue weighted by Gasteiger charge is 2.14. The highest BCUT2D eigenvalue weighted by atomic mass is 16.4. The van der Waals surface area contributed by atoms with Crippen LogP contribution in [0.15, 0.2) is 79.0 Å². The fourth-order valence-corrected chi connectivity index (χ4v) is 2.43. The molecule has 1 aromatic carbocycles. The van der Waals surface area contributed by atoms with Gasteiger partial charge in [0.25, 0.3) is 0 Å². The first-order chi connectivity index (χ1) is 16.0. The molecule has 1 atom stereocenters. The molecular formula is C24H28N2O8. The van der Waals surface area contributed by atoms with Crippen molar-refractivity contribution in [3.05, 3.63) is 90.3 Å². The molecule has 0 bridgehead atoms. The summed E-state index contributed by atoms with van der Waals surface area (Å²) < 4.78 is 0. The maximum atomic E-state index is 9.55. The maximum absolute atomic E-state index is 9.55. The summed E-state index contributed by atoms with van der Waals surface area (Å²) in [5.41, 5.74) is 2.50. The molecule has 182 valence electrons. The van der Waals surface area contributed by atoms with Crippen LogP contribution in [-0.2, 0) is 19.2 Å². The van der Waals surface area contributed by atoms with Crippen molar-refractivity contribution in [1.82, 2.24) is 9.88 Å². The minimum atomic E-state index is -1.26. The van der Waals surface area contributed by atoms with Crippen molar-refractivity contribution in [3.8, 4) is 0 Å². The van der Waals surface area contributed by atoms with Crippen LogP contribution in [0, 0.1) is 0 Å². The van der Waals surface area contributed by atoms with Crippen LogP contribution in [-0.4, -0.2) is 74.8 Å². The van der Waals surface area contributed by atoms with Gasteiger partial charge in [-0.05, 0) is 44.8 Å². The van der Waals surface area contributed by atoms with Crippen LogP contribution >= 0.6 is 0 Å². The molecule has 0 saturated heterocycles. The van der Waals surface area contributed by atoms with Crippen LogP contribution in [0.4, 0.5) is 0 Å². The summed E-state index contributed by atoms with van der Waals surface area (Å²) >= 11 is 0. The highest BCUT2D eigenvalue weighted by Crippen LogP contribution is 2.26. The maximum Gasteiger partial charge on any atom is 0.328 e. The molecule has 10 nitrogen and oxygen atoms in total. The van der Waals surface area contributed by atoms with Gasteiger partial charge in [0.2, 0.25) is 0 Å². The van der Waals surface area contributed by atoms with Crippen molar-refractivity contribution < 1.29 is 39.6 Å². The van der Waals surface area contributed by atoms with Crippen molar-refractivity contribution in [1.29, 1.82) is 0 Å². The largest absolute Gasteiger partial charge is 0.478 e. The van der Waals surface area contributed by atoms with Crippen molar-refractivity contribution >= 4 is 23.9 Å². The van der Waals surface area contributed by atoms with E-state index in [2.05, 4.69) is 66.4 Å². The van der Waals surface area contributed by atoms with E-state index in [1.807, 2.05) is 12.3 Å². The second-order valence-electron chi connectivity index (χ2n) is 6.83. The summed E-state index contributed by atoms with van der Waals surface area (Å²) in [6.07, 6.45) is 5.20. The van der Waals surface area contributed by atoms with Gasteiger partial charge in [0.1, 0.15) is 0 Å². The average molecular weight is 472 g/mol. The summed E-state index contributed by atoms with van der Waals surface area (Å²) in [6.45, 7) is 1.07. The SMILES string of the molecule is CN(C)CCC(c1ccccc1)c1ccccn1.O=C(O)/C=C\C(=O)O.O=C(O)/C=C\C(=O)O. The monoisotopic (exact) mass is 472 g/mol. The highest BCUT2D eigenvalue weighted by molar-refractivity contribution is 5.90. The van der Waals surface area contributed by atoms with E-state index < -0.39 is 23.9 Å². The Morgan fingerprint density at radius 2 is 1.21 bits per heavy atom. The second kappa shape index (κ2) is 17.3. The summed E-state index contributed by atoms with van der Waals surface area (Å²) in [5.74, 6) is -4.64. The van der Waals surface area contributed by atoms with Crippen molar-refractivity contribution in [2.45, 2.75) is 12.3 Å². The van der Waals surface area contributed by atoms with E-state index in [-0.39, 0.29) is 0 Å². The first-order valence-corrected chi connectivity index (χ1v) is 9.91. The zero-order valence-corrected chi connectivity index (χ0v) is 18.8. The number of hydrogen-bond acceptors (Lipinski definition) is 6. The standard InChI is InChI=1S/C16H20N2.2C4H4O4/c1-18(2)13-11-15(14-8-4-3-5-9-14)16-10-6-7-12-17-16;2*5-3(6)1-2-4(7)8/h3-10,12,15H,11,13H2,1-2H3;2*1-2H,(H,5,6)(H,7,8)/b;2*2-1-. The van der Waals surface area contributed by atoms with Gasteiger partial charge in [0, 0.05) is 42.1 Å². The molecule has 1 aromatic heterocycles. The quantitative estimate of drug-likeness (QED) is 0.398. The van der Waals surface area contributed by atoms with Gasteiger partial charge < -0.3 is 25.3 Å². The Kier molecular flexibility index (Phi) is 15.1. The molecule has 0 aliphatic heterocycles. The van der Waals surface area contributed by atoms with E-state index in [1.54, 1.807) is 0 Å². The van der Waals surface area contributed by atoms with Crippen molar-refractivity contribution in [3.63, 3.8) is 0 Å². The lowest BCUT2D eigenvalue weighted by Crippen LogP contribution is -2.17. The van der Waals surface area contributed by atoms with Crippen LogP contribution in [0.3, 0.4) is 0 Å². The lowest BCUT2D eigenvalue weighted by atomic mass is 9.92. The minimum Gasteiger partial charge on any atom is -0.478 e. The number of nitrogens with zero attached hydrogens (tertiary/aromatic N) is 2. The lowest BCUT2D eigenvalue weighted by Gasteiger charge is -2.19. The van der Waals surface area contributed by atoms with Crippen LogP contribution < -0.4 is 0 Å². The summed E-state index contributed by atoms with van der Waals surface area (Å²) in [6, 6.07) is 16.8. The molecule has 4 N–H and O–H groups in total. The fraction of sp³-hybridized carbons (Fsp3) is 0.208. The Labute approximate surface area is 197 Å². The number of carbonyl (C=O) groups is 4. The third-order valence-electron chi connectivity index (χ3n) is 3.85. The van der Waals surface area contributed by atoms with Gasteiger partial charge in [-0.3, -0.25) is 4.98 Å². The number of pyridine rings is 1. The van der Waals surface area contributed by atoms with E-state index >= 15 is 0 Å². The third-order valence-corrected chi connectivity index (χ3v) is 3.85. The molecule has 1 unspecified atom stereocenters. The van der Waals surface area contributed by atoms with Crippen LogP contribution in [0.25, 0.3) is 0 Å². The van der Waals surface area contributed by atoms with Gasteiger partial charge in [-0.15, -0.1) is 0 Å². The topological polar surface area (TPSA) is 165 Å². The first kappa shape index (κ1) is 29.7. The molecular weight excluding hydrogens is 444 g/mol. The van der Waals surface area contributed by atoms with Gasteiger partial charge in [-0.25, -0.2) is 19.2 Å². The molecule has 0 radical (unpaired) electrons. The summed E-state index contributed by atoms with van der Waals surface area (Å²) in [4.78, 5) is 45.0. The fourth-order valence-electron chi connectivity index (χ4n) is 2.43. The van der Waals surface area contributed by atoms with Gasteiger partial charge in [-0.1, -0.05) is 36.4 Å². The molecule has 0 fully saturated rings. The molecule has 2 rings (SSSR count). The normalized spacial score (nSPS) is 11.1. The van der Waals surface area contributed by atoms with Crippen LogP contribution in [0.1, 0.15) is 23.6 Å². The van der Waals surface area contributed by atoms with E-state index in [1.165, 1.54) is 5.56 Å². The molecule has 0 amide bonds. The number of benzene rings is 1. The lowest BCUT2D eigenvalue weighted by molar-refractivity contribution is -0.134. The van der Waals surface area contributed by atoms with Crippen molar-refractivity contribution in [2.24, 2.45) is 0 Å². The van der Waals surface area contributed by atoms with Gasteiger partial charge in [0.05, 0.1) is 0 Å². The van der Waals surface area contributed by atoms with Gasteiger partial charge in [0.15, 0.2) is 0 Å². The predicted molar refractivity (Wildman–Crippen MR) is 125 cm³/mol. The molecule has 0 spiro atoms. The van der Waals surface area contributed by atoms with Crippen LogP contribution in [0.5, 0.6) is 0 Å². The Balaban J connectivity index is 0.000000570.